The molecule has 7 N–H and O–H groups in total. The van der Waals surface area contributed by atoms with Crippen LogP contribution in [-0.4, -0.2) is 102 Å². The molecule has 12 atom stereocenters. The van der Waals surface area contributed by atoms with E-state index in [1.54, 1.807) is 71.9 Å². The first-order chi connectivity index (χ1) is 57.9. The summed E-state index contributed by atoms with van der Waals surface area (Å²) in [5.41, 5.74) is 4.83. The van der Waals surface area contributed by atoms with Crippen molar-refractivity contribution in [3.8, 4) is 17.2 Å². The number of benzene rings is 7. The van der Waals surface area contributed by atoms with Crippen molar-refractivity contribution in [2.75, 3.05) is 21.7 Å². The second-order valence-corrected chi connectivity index (χ2v) is 37.5. The first-order valence-electron chi connectivity index (χ1n) is 43.0. The topological polar surface area (TPSA) is 321 Å². The van der Waals surface area contributed by atoms with Gasteiger partial charge in [-0.1, -0.05) is 183 Å². The van der Waals surface area contributed by atoms with Gasteiger partial charge in [-0.15, -0.1) is 0 Å². The lowest BCUT2D eigenvalue weighted by molar-refractivity contribution is -0.124. The summed E-state index contributed by atoms with van der Waals surface area (Å²) in [7, 11) is -4.31. The first kappa shape index (κ1) is 93.2. The van der Waals surface area contributed by atoms with Crippen LogP contribution in [0.25, 0.3) is 0 Å². The summed E-state index contributed by atoms with van der Waals surface area (Å²) in [6, 6.07) is 43.8. The number of rotatable bonds is 31. The number of alkyl carbamates (subject to hydrolysis) is 1. The van der Waals surface area contributed by atoms with Crippen LogP contribution in [0.2, 0.25) is 0 Å². The minimum absolute atomic E-state index is 0.0127. The lowest BCUT2D eigenvalue weighted by atomic mass is 9.71. The van der Waals surface area contributed by atoms with E-state index in [-0.39, 0.29) is 150 Å². The van der Waals surface area contributed by atoms with E-state index < -0.39 is 104 Å². The molecule has 0 aromatic heterocycles. The molecule has 0 saturated heterocycles. The Morgan fingerprint density at radius 1 is 0.434 bits per heavy atom. The Hall–Kier alpha value is -11.1. The second kappa shape index (κ2) is 41.7. The van der Waals surface area contributed by atoms with Gasteiger partial charge in [-0.2, -0.15) is 0 Å². The molecule has 3 aliphatic carbocycles. The molecule has 654 valence electrons. The van der Waals surface area contributed by atoms with Gasteiger partial charge in [0.2, 0.25) is 33.7 Å². The molecular weight excluding hydrogens is 1570 g/mol. The van der Waals surface area contributed by atoms with Crippen LogP contribution < -0.4 is 50.8 Å². The molecule has 0 aliphatic heterocycles. The number of carbonyl (C=O) groups excluding carboxylic acids is 9. The van der Waals surface area contributed by atoms with Crippen LogP contribution in [0.1, 0.15) is 231 Å². The van der Waals surface area contributed by atoms with Crippen molar-refractivity contribution < 1.29 is 75.3 Å². The van der Waals surface area contributed by atoms with Gasteiger partial charge in [0.1, 0.15) is 31.0 Å². The van der Waals surface area contributed by atoms with Crippen molar-refractivity contribution in [2.24, 2.45) is 53.3 Å². The van der Waals surface area contributed by atoms with Gasteiger partial charge in [-0.25, -0.2) is 27.6 Å². The summed E-state index contributed by atoms with van der Waals surface area (Å²) in [5.74, 6) is -7.72. The number of hydrogen-bond acceptors (Lipinski definition) is 16. The molecule has 0 heterocycles. The average molecular weight is 1690 g/mol. The first-order valence-corrected chi connectivity index (χ1v) is 44.7. The fourth-order valence-electron chi connectivity index (χ4n) is 16.8. The largest absolute Gasteiger partial charge is 0.486 e. The molecular formula is C97H124N8O16S. The minimum atomic E-state index is -4.31. The van der Waals surface area contributed by atoms with Gasteiger partial charge in [0.05, 0.1) is 39.5 Å². The van der Waals surface area contributed by atoms with Gasteiger partial charge in [0.25, 0.3) is 17.7 Å². The maximum Gasteiger partial charge on any atom is 0.417 e. The molecule has 3 aliphatic rings. The molecule has 122 heavy (non-hydrogen) atoms. The quantitative estimate of drug-likeness (QED) is 0.0212. The zero-order valence-corrected chi connectivity index (χ0v) is 74.4. The van der Waals surface area contributed by atoms with Crippen molar-refractivity contribution in [1.82, 2.24) is 25.6 Å². The van der Waals surface area contributed by atoms with Gasteiger partial charge < -0.3 is 55.6 Å². The molecule has 0 spiro atoms. The highest BCUT2D eigenvalue weighted by Crippen LogP contribution is 2.45. The lowest BCUT2D eigenvalue weighted by Crippen LogP contribution is -2.54. The molecule has 0 radical (unpaired) electrons. The molecule has 25 heteroatoms. The van der Waals surface area contributed by atoms with Crippen LogP contribution in [0.4, 0.5) is 26.7 Å². The Kier molecular flexibility index (Phi) is 31.8. The number of hydrogen-bond donors (Lipinski definition) is 7. The zero-order chi connectivity index (χ0) is 88.5. The van der Waals surface area contributed by atoms with Crippen LogP contribution in [0, 0.1) is 60.2 Å². The maximum absolute atomic E-state index is 16.3. The van der Waals surface area contributed by atoms with Crippen molar-refractivity contribution in [1.29, 1.82) is 0 Å². The van der Waals surface area contributed by atoms with E-state index >= 15 is 24.0 Å². The van der Waals surface area contributed by atoms with E-state index in [9.17, 15) is 27.6 Å². The van der Waals surface area contributed by atoms with Gasteiger partial charge in [0, 0.05) is 48.8 Å². The fraction of sp³-hybridized carbons (Fsp3) is 0.474. The van der Waals surface area contributed by atoms with Crippen LogP contribution in [-0.2, 0) is 84.3 Å². The van der Waals surface area contributed by atoms with Crippen molar-refractivity contribution >= 4 is 80.6 Å². The fourth-order valence-corrected chi connectivity index (χ4v) is 17.8. The van der Waals surface area contributed by atoms with Gasteiger partial charge >= 0.3 is 12.2 Å². The highest BCUT2D eigenvalue weighted by molar-refractivity contribution is 7.90. The summed E-state index contributed by atoms with van der Waals surface area (Å²) in [4.78, 5) is 135. The highest BCUT2D eigenvalue weighted by Gasteiger charge is 2.47. The Balaban J connectivity index is 0.920. The van der Waals surface area contributed by atoms with Crippen LogP contribution in [0.3, 0.4) is 0 Å². The van der Waals surface area contributed by atoms with E-state index in [2.05, 4.69) is 36.6 Å². The second-order valence-electron chi connectivity index (χ2n) is 35.7. The lowest BCUT2D eigenvalue weighted by Gasteiger charge is -2.43. The number of anilines is 3. The summed E-state index contributed by atoms with van der Waals surface area (Å²) in [5, 5.41) is 18.6. The predicted octanol–water partition coefficient (Wildman–Crippen LogP) is 17.6. The van der Waals surface area contributed by atoms with E-state index in [4.69, 9.17) is 23.7 Å². The van der Waals surface area contributed by atoms with Crippen LogP contribution >= 0.6 is 0 Å². The number of sulfonamides is 1. The number of carbonyl (C=O) groups is 9. The Morgan fingerprint density at radius 3 is 1.25 bits per heavy atom. The number of ether oxygens (including phenoxy) is 5. The van der Waals surface area contributed by atoms with E-state index in [1.165, 1.54) is 6.07 Å². The third-order valence-electron chi connectivity index (χ3n) is 23.5. The smallest absolute Gasteiger partial charge is 0.417 e. The highest BCUT2D eigenvalue weighted by atomic mass is 32.2. The van der Waals surface area contributed by atoms with E-state index in [0.29, 0.717) is 61.6 Å². The summed E-state index contributed by atoms with van der Waals surface area (Å²) < 4.78 is 61.3. The Bertz CT molecular complexity index is 4970. The van der Waals surface area contributed by atoms with Crippen LogP contribution in [0.5, 0.6) is 17.2 Å². The molecule has 3 saturated carbocycles. The summed E-state index contributed by atoms with van der Waals surface area (Å²) >= 11 is 0. The molecule has 0 bridgehead atoms. The van der Waals surface area contributed by atoms with Crippen LogP contribution in [0.15, 0.2) is 152 Å². The zero-order valence-electron chi connectivity index (χ0n) is 73.6. The third-order valence-corrected chi connectivity index (χ3v) is 24.8. The number of imide groups is 1. The number of nitrogens with zero attached hydrogens (tertiary/aromatic N) is 1. The van der Waals surface area contributed by atoms with E-state index in [0.717, 1.165) is 32.7 Å². The molecule has 10 rings (SSSR count). The number of amides is 9. The predicted molar refractivity (Wildman–Crippen MR) is 473 cm³/mol. The summed E-state index contributed by atoms with van der Waals surface area (Å²) in [6.45, 7) is 30.2. The monoisotopic (exact) mass is 1690 g/mol. The minimum Gasteiger partial charge on any atom is -0.486 e. The van der Waals surface area contributed by atoms with Gasteiger partial charge in [-0.05, 0) is 224 Å². The maximum atomic E-state index is 16.3. The molecule has 24 nitrogen and oxygen atoms in total. The third kappa shape index (κ3) is 25.5. The number of nitrogens with one attached hydrogen (secondary N) is 7. The molecule has 7 aromatic rings. The molecule has 7 aromatic carbocycles. The SMILES string of the molecule is CCc1cc(NC(=O)[C@H]2C[C@@H](N(C(=O)OC(C)(C)C)C(=O)c3cc(CC)cc(NC(=O)[C@@H]4C[C@H](NC(=O)OC(C)(C)C)[C@@H](C)C[C@H]4C)c3OCc3ccccc3)[C@H](C)C[C@@H]2C)c(OCc2ccccc2)c(C(=O)N[C@H]2C[C@@H](C(=O)Nc3cc(CC)cc(C(=O)NS(=O)(=O)CCCC(=O)NCc4ccc(C)cc4)c3OCc3ccccc3)[C@H](C)C[C@@H]2C)c1. The van der Waals surface area contributed by atoms with E-state index in [1.807, 2.05) is 184 Å². The molecule has 9 amide bonds. The Labute approximate surface area is 719 Å². The van der Waals surface area contributed by atoms with Crippen molar-refractivity contribution in [3.63, 3.8) is 0 Å². The Morgan fingerprint density at radius 2 is 0.828 bits per heavy atom. The normalized spacial score (nSPS) is 21.0. The average Bonchev–Trinajstić information content (AvgIpc) is 0.771. The molecule has 0 unspecified atom stereocenters. The summed E-state index contributed by atoms with van der Waals surface area (Å²) in [6.07, 6.45) is 1.48. The van der Waals surface area contributed by atoms with Gasteiger partial charge in [0.15, 0.2) is 17.2 Å². The van der Waals surface area contributed by atoms with Crippen molar-refractivity contribution in [2.45, 2.75) is 237 Å². The number of aryl methyl sites for hydroxylation is 4. The molecule has 3 fully saturated rings. The standard InChI is InChI=1S/C97H124N8O16S/c1-17-65-45-75(91(110)99-78-51-72(59(5)42-62(78)8)88(107)100-81-49-66(18-2)46-76(86(81)118-56-70-32-25-21-26-33-70)92(111)104-122(115,116)41-29-36-84(106)98-54-68-39-37-58(4)38-40-68)85(117-55-69-30-23-20-24-31-69)80(48-65)101-90(109)74-53-83(64(10)44-61(74)7)105(95(114)121-97(14,15)16)93(112)77-47-67(19-3)50-82(87(77)119-57-71-34-27-22-28-35-71)102-89(108)73-52-79(63(9)43-60(73)6)103-94(113)120-96(11,12)13/h20-28,30-35,37-40,45-50,59-64,72-74,78-79,83H,17-19,29,36,41-44,51-57H2,1-16H3,(H,98,106)(H,99,110)(H,100,107)(H,101,109)(H,102,108)(H,103,113)(H,104,111)/t59-,60-,61+,62+,63+,64-,72-,73-,74+,78+,79+,83-/m1/s1. The van der Waals surface area contributed by atoms with Crippen molar-refractivity contribution in [3.05, 3.63) is 213 Å². The van der Waals surface area contributed by atoms with Gasteiger partial charge in [-0.3, -0.25) is 33.6 Å².